The van der Waals surface area contributed by atoms with Gasteiger partial charge in [0.2, 0.25) is 0 Å². The summed E-state index contributed by atoms with van der Waals surface area (Å²) in [5.74, 6) is -0.335. The highest BCUT2D eigenvalue weighted by Crippen LogP contribution is 1.92. The molecule has 0 atom stereocenters. The lowest BCUT2D eigenvalue weighted by molar-refractivity contribution is -0.126. The van der Waals surface area contributed by atoms with Crippen LogP contribution in [0.5, 0.6) is 0 Å². The third kappa shape index (κ3) is 4.46. The number of amides is 1. The number of nitrogens with one attached hydrogen (secondary N) is 1. The first-order valence-corrected chi connectivity index (χ1v) is 3.54. The largest absolute Gasteiger partial charge is 0.277 e. The first-order valence-electron chi connectivity index (χ1n) is 3.54. The molecule has 1 amide bonds. The lowest BCUT2D eigenvalue weighted by Gasteiger charge is -1.98. The summed E-state index contributed by atoms with van der Waals surface area (Å²) in [5.41, 5.74) is 2.51. The predicted octanol–water partition coefficient (Wildman–Crippen LogP) is 1.35. The van der Waals surface area contributed by atoms with Gasteiger partial charge in [-0.3, -0.25) is 9.63 Å². The molecular formula is C9H13NO2. The molecule has 0 bridgehead atoms. The van der Waals surface area contributed by atoms with Gasteiger partial charge >= 0.3 is 0 Å². The Balaban J connectivity index is 3.95. The van der Waals surface area contributed by atoms with Crippen molar-refractivity contribution in [3.05, 3.63) is 36.5 Å². The minimum absolute atomic E-state index is 0.335. The molecule has 0 aromatic carbocycles. The van der Waals surface area contributed by atoms with Gasteiger partial charge in [0.15, 0.2) is 0 Å². The summed E-state index contributed by atoms with van der Waals surface area (Å²) in [7, 11) is 1.38. The Morgan fingerprint density at radius 3 is 2.67 bits per heavy atom. The SMILES string of the molecule is C=C(/C=C\C=C/C)C(=O)NOC. The average Bonchev–Trinajstić information content (AvgIpc) is 2.05. The fourth-order valence-electron chi connectivity index (χ4n) is 0.517. The molecular weight excluding hydrogens is 154 g/mol. The average molecular weight is 167 g/mol. The summed E-state index contributed by atoms with van der Waals surface area (Å²) in [6, 6.07) is 0. The zero-order valence-corrected chi connectivity index (χ0v) is 7.33. The minimum atomic E-state index is -0.335. The fraction of sp³-hybridized carbons (Fsp3) is 0.222. The van der Waals surface area contributed by atoms with Gasteiger partial charge in [-0.1, -0.05) is 24.8 Å². The molecule has 0 aromatic rings. The standard InChI is InChI=1S/C9H13NO2/c1-4-5-6-7-8(2)9(11)10-12-3/h4-7H,2H2,1,3H3,(H,10,11)/b5-4-,7-6-. The van der Waals surface area contributed by atoms with Crippen LogP contribution in [-0.4, -0.2) is 13.0 Å². The maximum atomic E-state index is 10.9. The van der Waals surface area contributed by atoms with Crippen LogP contribution in [0.3, 0.4) is 0 Å². The third-order valence-electron chi connectivity index (χ3n) is 1.09. The van der Waals surface area contributed by atoms with Crippen LogP contribution in [0.25, 0.3) is 0 Å². The fourth-order valence-corrected chi connectivity index (χ4v) is 0.517. The van der Waals surface area contributed by atoms with Gasteiger partial charge in [-0.25, -0.2) is 5.48 Å². The first-order chi connectivity index (χ1) is 5.72. The quantitative estimate of drug-likeness (QED) is 0.390. The molecule has 0 heterocycles. The molecule has 0 aliphatic carbocycles. The van der Waals surface area contributed by atoms with Gasteiger partial charge in [-0.2, -0.15) is 0 Å². The van der Waals surface area contributed by atoms with E-state index in [0.29, 0.717) is 5.57 Å². The maximum absolute atomic E-state index is 10.9. The van der Waals surface area contributed by atoms with E-state index < -0.39 is 0 Å². The summed E-state index contributed by atoms with van der Waals surface area (Å²) < 4.78 is 0. The summed E-state index contributed by atoms with van der Waals surface area (Å²) in [5, 5.41) is 0. The summed E-state index contributed by atoms with van der Waals surface area (Å²) >= 11 is 0. The van der Waals surface area contributed by atoms with E-state index in [0.717, 1.165) is 0 Å². The Morgan fingerprint density at radius 1 is 1.50 bits per heavy atom. The molecule has 0 unspecified atom stereocenters. The number of allylic oxidation sites excluding steroid dienone is 3. The van der Waals surface area contributed by atoms with E-state index in [4.69, 9.17) is 0 Å². The molecule has 0 aliphatic heterocycles. The Labute approximate surface area is 72.4 Å². The highest BCUT2D eigenvalue weighted by Gasteiger charge is 1.99. The Bertz CT molecular complexity index is 217. The van der Waals surface area contributed by atoms with Crippen LogP contribution < -0.4 is 5.48 Å². The van der Waals surface area contributed by atoms with Gasteiger partial charge in [0.25, 0.3) is 5.91 Å². The topological polar surface area (TPSA) is 38.3 Å². The molecule has 0 spiro atoms. The zero-order chi connectivity index (χ0) is 9.40. The van der Waals surface area contributed by atoms with E-state index in [-0.39, 0.29) is 5.91 Å². The van der Waals surface area contributed by atoms with Crippen molar-refractivity contribution in [1.29, 1.82) is 0 Å². The molecule has 0 radical (unpaired) electrons. The van der Waals surface area contributed by atoms with E-state index in [9.17, 15) is 4.79 Å². The lowest BCUT2D eigenvalue weighted by atomic mass is 10.2. The van der Waals surface area contributed by atoms with Crippen LogP contribution >= 0.6 is 0 Å². The Morgan fingerprint density at radius 2 is 2.17 bits per heavy atom. The molecule has 3 heteroatoms. The van der Waals surface area contributed by atoms with E-state index in [2.05, 4.69) is 16.9 Å². The normalized spacial score (nSPS) is 10.8. The number of rotatable bonds is 4. The number of carbonyl (C=O) groups excluding carboxylic acids is 1. The third-order valence-corrected chi connectivity index (χ3v) is 1.09. The van der Waals surface area contributed by atoms with Crippen molar-refractivity contribution in [2.24, 2.45) is 0 Å². The van der Waals surface area contributed by atoms with Crippen LogP contribution in [0.2, 0.25) is 0 Å². The molecule has 0 aromatic heterocycles. The van der Waals surface area contributed by atoms with E-state index in [1.807, 2.05) is 19.1 Å². The summed E-state index contributed by atoms with van der Waals surface area (Å²) in [6.45, 7) is 5.42. The van der Waals surface area contributed by atoms with Crippen LogP contribution in [-0.2, 0) is 9.63 Å². The number of hydroxylamine groups is 1. The molecule has 0 rings (SSSR count). The van der Waals surface area contributed by atoms with Crippen molar-refractivity contribution >= 4 is 5.91 Å². The molecule has 66 valence electrons. The Kier molecular flexibility index (Phi) is 5.65. The van der Waals surface area contributed by atoms with Crippen molar-refractivity contribution in [3.63, 3.8) is 0 Å². The van der Waals surface area contributed by atoms with Crippen molar-refractivity contribution in [1.82, 2.24) is 5.48 Å². The molecule has 0 fully saturated rings. The minimum Gasteiger partial charge on any atom is -0.277 e. The second kappa shape index (κ2) is 6.37. The molecule has 1 N–H and O–H groups in total. The number of carbonyl (C=O) groups is 1. The van der Waals surface area contributed by atoms with E-state index in [1.54, 1.807) is 12.2 Å². The van der Waals surface area contributed by atoms with Crippen LogP contribution in [0.4, 0.5) is 0 Å². The second-order valence-electron chi connectivity index (χ2n) is 2.05. The summed E-state index contributed by atoms with van der Waals surface area (Å²) in [4.78, 5) is 15.3. The van der Waals surface area contributed by atoms with Gasteiger partial charge in [0.05, 0.1) is 7.11 Å². The zero-order valence-electron chi connectivity index (χ0n) is 7.33. The van der Waals surface area contributed by atoms with Crippen LogP contribution in [0, 0.1) is 0 Å². The van der Waals surface area contributed by atoms with Crippen molar-refractivity contribution in [3.8, 4) is 0 Å². The number of hydrogen-bond acceptors (Lipinski definition) is 2. The summed E-state index contributed by atoms with van der Waals surface area (Å²) in [6.07, 6.45) is 7.01. The first kappa shape index (κ1) is 10.7. The molecule has 0 saturated heterocycles. The van der Waals surface area contributed by atoms with E-state index >= 15 is 0 Å². The van der Waals surface area contributed by atoms with E-state index in [1.165, 1.54) is 7.11 Å². The van der Waals surface area contributed by atoms with Crippen molar-refractivity contribution in [2.45, 2.75) is 6.92 Å². The highest BCUT2D eigenvalue weighted by molar-refractivity contribution is 5.94. The van der Waals surface area contributed by atoms with Gasteiger partial charge in [0, 0.05) is 5.57 Å². The monoisotopic (exact) mass is 167 g/mol. The highest BCUT2D eigenvalue weighted by atomic mass is 16.6. The van der Waals surface area contributed by atoms with Gasteiger partial charge < -0.3 is 0 Å². The second-order valence-corrected chi connectivity index (χ2v) is 2.05. The predicted molar refractivity (Wildman–Crippen MR) is 48.2 cm³/mol. The molecule has 0 aliphatic rings. The molecule has 0 saturated carbocycles. The molecule has 12 heavy (non-hydrogen) atoms. The van der Waals surface area contributed by atoms with Crippen LogP contribution in [0.1, 0.15) is 6.92 Å². The van der Waals surface area contributed by atoms with Gasteiger partial charge in [0.1, 0.15) is 0 Å². The maximum Gasteiger partial charge on any atom is 0.274 e. The van der Waals surface area contributed by atoms with Gasteiger partial charge in [-0.15, -0.1) is 0 Å². The lowest BCUT2D eigenvalue weighted by Crippen LogP contribution is -2.22. The molecule has 3 nitrogen and oxygen atoms in total. The van der Waals surface area contributed by atoms with Gasteiger partial charge in [-0.05, 0) is 13.0 Å². The van der Waals surface area contributed by atoms with Crippen molar-refractivity contribution < 1.29 is 9.63 Å². The smallest absolute Gasteiger partial charge is 0.274 e. The number of hydrogen-bond donors (Lipinski definition) is 1. The van der Waals surface area contributed by atoms with Crippen molar-refractivity contribution in [2.75, 3.05) is 7.11 Å². The Hall–Kier alpha value is -1.35. The van der Waals surface area contributed by atoms with Crippen LogP contribution in [0.15, 0.2) is 36.5 Å².